The fourth-order valence-electron chi connectivity index (χ4n) is 3.17. The Morgan fingerprint density at radius 1 is 1.10 bits per heavy atom. The maximum absolute atomic E-state index is 11.8. The minimum Gasteiger partial charge on any atom is -0.480 e. The number of ether oxygens (including phenoxy) is 1. The second kappa shape index (κ2) is 8.53. The Bertz CT molecular complexity index is 1110. The molecule has 4 aromatic rings. The zero-order valence-electron chi connectivity index (χ0n) is 15.6. The molecule has 0 bridgehead atoms. The van der Waals surface area contributed by atoms with Crippen LogP contribution in [0.2, 0.25) is 0 Å². The van der Waals surface area contributed by atoms with Crippen molar-refractivity contribution in [2.24, 2.45) is 0 Å². The number of hydrogen-bond acceptors (Lipinski definition) is 5. The van der Waals surface area contributed by atoms with Gasteiger partial charge in [0.2, 0.25) is 0 Å². The average molecular weight is 388 g/mol. The van der Waals surface area contributed by atoms with Crippen molar-refractivity contribution in [2.45, 2.75) is 19.0 Å². The molecule has 0 aliphatic rings. The minimum atomic E-state index is -0.889. The predicted octanol–water partition coefficient (Wildman–Crippen LogP) is 3.54. The number of aromatic amines is 1. The van der Waals surface area contributed by atoms with Crippen LogP contribution in [0.3, 0.4) is 0 Å². The fourth-order valence-corrected chi connectivity index (χ4v) is 3.17. The summed E-state index contributed by atoms with van der Waals surface area (Å²) in [6.07, 6.45) is 5.47. The number of carboxylic acid groups (broad SMARTS) is 1. The van der Waals surface area contributed by atoms with E-state index in [2.05, 4.69) is 20.3 Å². The normalized spacial score (nSPS) is 12.0. The lowest BCUT2D eigenvalue weighted by atomic mass is 10.0. The molecule has 0 aliphatic carbocycles. The highest BCUT2D eigenvalue weighted by atomic mass is 16.5. The van der Waals surface area contributed by atoms with Crippen molar-refractivity contribution in [2.75, 3.05) is 0 Å². The molecular formula is C22H20N4O3. The Morgan fingerprint density at radius 3 is 2.76 bits per heavy atom. The van der Waals surface area contributed by atoms with E-state index in [1.807, 2.05) is 48.7 Å². The third-order valence-corrected chi connectivity index (χ3v) is 4.60. The lowest BCUT2D eigenvalue weighted by molar-refractivity contribution is -0.139. The molecule has 7 heteroatoms. The van der Waals surface area contributed by atoms with Crippen LogP contribution in [0.15, 0.2) is 73.2 Å². The molecule has 29 heavy (non-hydrogen) atoms. The van der Waals surface area contributed by atoms with E-state index < -0.39 is 12.0 Å². The van der Waals surface area contributed by atoms with Crippen molar-refractivity contribution in [3.8, 4) is 11.8 Å². The van der Waals surface area contributed by atoms with Crippen molar-refractivity contribution in [3.05, 3.63) is 84.3 Å². The van der Waals surface area contributed by atoms with Gasteiger partial charge in [0.25, 0.3) is 0 Å². The first-order chi connectivity index (χ1) is 14.2. The van der Waals surface area contributed by atoms with Crippen LogP contribution in [0.25, 0.3) is 10.9 Å². The number of fused-ring (bicyclic) bond motifs is 1. The lowest BCUT2D eigenvalue weighted by Gasteiger charge is -2.15. The van der Waals surface area contributed by atoms with Gasteiger partial charge < -0.3 is 20.1 Å². The number of H-pyrrole nitrogens is 1. The average Bonchev–Trinajstić information content (AvgIpc) is 3.15. The first-order valence-corrected chi connectivity index (χ1v) is 9.24. The van der Waals surface area contributed by atoms with Crippen LogP contribution in [0, 0.1) is 0 Å². The van der Waals surface area contributed by atoms with E-state index in [1.165, 1.54) is 0 Å². The maximum atomic E-state index is 11.8. The van der Waals surface area contributed by atoms with Crippen molar-refractivity contribution in [3.63, 3.8) is 0 Å². The van der Waals surface area contributed by atoms with Gasteiger partial charge in [-0.3, -0.25) is 4.79 Å². The van der Waals surface area contributed by atoms with Gasteiger partial charge in [-0.15, -0.1) is 0 Å². The van der Waals surface area contributed by atoms with Crippen molar-refractivity contribution < 1.29 is 14.6 Å². The number of carboxylic acids is 1. The Balaban J connectivity index is 1.43. The van der Waals surface area contributed by atoms with Crippen molar-refractivity contribution >= 4 is 16.9 Å². The third kappa shape index (κ3) is 4.59. The molecule has 2 aromatic carbocycles. The predicted molar refractivity (Wildman–Crippen MR) is 109 cm³/mol. The first-order valence-electron chi connectivity index (χ1n) is 9.24. The molecule has 146 valence electrons. The molecule has 0 spiro atoms. The van der Waals surface area contributed by atoms with Gasteiger partial charge in [-0.05, 0) is 35.4 Å². The van der Waals surface area contributed by atoms with Crippen LogP contribution in [0.5, 0.6) is 11.8 Å². The summed E-state index contributed by atoms with van der Waals surface area (Å²) < 4.78 is 5.64. The van der Waals surface area contributed by atoms with Gasteiger partial charge >= 0.3 is 12.0 Å². The van der Waals surface area contributed by atoms with Gasteiger partial charge in [-0.25, -0.2) is 9.97 Å². The molecule has 0 amide bonds. The summed E-state index contributed by atoms with van der Waals surface area (Å²) in [4.78, 5) is 23.0. The van der Waals surface area contributed by atoms with Crippen LogP contribution in [0.1, 0.15) is 11.1 Å². The van der Waals surface area contributed by atoms with E-state index in [1.54, 1.807) is 24.5 Å². The number of rotatable bonds is 8. The summed E-state index contributed by atoms with van der Waals surface area (Å²) in [5, 5.41) is 13.8. The highest BCUT2D eigenvalue weighted by molar-refractivity contribution is 5.84. The monoisotopic (exact) mass is 388 g/mol. The molecule has 0 aliphatic heterocycles. The molecular weight excluding hydrogens is 368 g/mol. The molecule has 3 N–H and O–H groups in total. The van der Waals surface area contributed by atoms with Crippen LogP contribution < -0.4 is 10.1 Å². The molecule has 0 radical (unpaired) electrons. The SMILES string of the molecule is O=C(O)C(Cc1c[nH]c2ccccc12)NCc1cccc(Oc2ncccn2)c1. The topological polar surface area (TPSA) is 100 Å². The maximum Gasteiger partial charge on any atom is 0.321 e. The minimum absolute atomic E-state index is 0.264. The molecule has 7 nitrogen and oxygen atoms in total. The summed E-state index contributed by atoms with van der Waals surface area (Å²) in [5.41, 5.74) is 2.88. The number of aromatic nitrogens is 3. The Hall–Kier alpha value is -3.71. The van der Waals surface area contributed by atoms with Gasteiger partial charge in [0.1, 0.15) is 11.8 Å². The van der Waals surface area contributed by atoms with Crippen molar-refractivity contribution in [1.29, 1.82) is 0 Å². The van der Waals surface area contributed by atoms with Gasteiger partial charge in [-0.2, -0.15) is 0 Å². The summed E-state index contributed by atoms with van der Waals surface area (Å²) in [5.74, 6) is -0.292. The molecule has 1 atom stereocenters. The smallest absolute Gasteiger partial charge is 0.321 e. The van der Waals surface area contributed by atoms with Crippen LogP contribution in [-0.2, 0) is 17.8 Å². The number of nitrogens with one attached hydrogen (secondary N) is 2. The number of para-hydroxylation sites is 1. The molecule has 2 heterocycles. The zero-order valence-corrected chi connectivity index (χ0v) is 15.6. The molecule has 0 saturated carbocycles. The highest BCUT2D eigenvalue weighted by Gasteiger charge is 2.19. The summed E-state index contributed by atoms with van der Waals surface area (Å²) >= 11 is 0. The number of aliphatic carboxylic acids is 1. The summed E-state index contributed by atoms with van der Waals surface area (Å²) in [7, 11) is 0. The van der Waals surface area contributed by atoms with Gasteiger partial charge in [-0.1, -0.05) is 30.3 Å². The fraction of sp³-hybridized carbons (Fsp3) is 0.136. The third-order valence-electron chi connectivity index (χ3n) is 4.60. The van der Waals surface area contributed by atoms with E-state index in [4.69, 9.17) is 4.74 Å². The molecule has 0 saturated heterocycles. The molecule has 2 aromatic heterocycles. The number of hydrogen-bond donors (Lipinski definition) is 3. The van der Waals surface area contributed by atoms with Crippen LogP contribution >= 0.6 is 0 Å². The van der Waals surface area contributed by atoms with Gasteiger partial charge in [0.15, 0.2) is 0 Å². The zero-order chi connectivity index (χ0) is 20.1. The number of nitrogens with zero attached hydrogens (tertiary/aromatic N) is 2. The first kappa shape index (κ1) is 18.6. The van der Waals surface area contributed by atoms with E-state index in [0.717, 1.165) is 22.0 Å². The van der Waals surface area contributed by atoms with Crippen LogP contribution in [0.4, 0.5) is 0 Å². The molecule has 0 fully saturated rings. The second-order valence-electron chi connectivity index (χ2n) is 6.62. The van der Waals surface area contributed by atoms with E-state index in [9.17, 15) is 9.90 Å². The van der Waals surface area contributed by atoms with Crippen molar-refractivity contribution in [1.82, 2.24) is 20.3 Å². The molecule has 4 rings (SSSR count). The van der Waals surface area contributed by atoms with E-state index in [0.29, 0.717) is 18.7 Å². The standard InChI is InChI=1S/C22H20N4O3/c27-21(28)20(12-16-14-26-19-8-2-1-7-18(16)19)25-13-15-5-3-6-17(11-15)29-22-23-9-4-10-24-22/h1-11,14,20,25-26H,12-13H2,(H,27,28). The number of carbonyl (C=O) groups is 1. The second-order valence-corrected chi connectivity index (χ2v) is 6.62. The number of benzene rings is 2. The summed E-state index contributed by atoms with van der Waals surface area (Å²) in [6, 6.07) is 16.5. The van der Waals surface area contributed by atoms with Gasteiger partial charge in [0, 0.05) is 42.5 Å². The highest BCUT2D eigenvalue weighted by Crippen LogP contribution is 2.20. The summed E-state index contributed by atoms with van der Waals surface area (Å²) in [6.45, 7) is 0.395. The quantitative estimate of drug-likeness (QED) is 0.427. The Morgan fingerprint density at radius 2 is 1.93 bits per heavy atom. The van der Waals surface area contributed by atoms with Gasteiger partial charge in [0.05, 0.1) is 0 Å². The molecule has 1 unspecified atom stereocenters. The van der Waals surface area contributed by atoms with E-state index in [-0.39, 0.29) is 6.01 Å². The largest absolute Gasteiger partial charge is 0.480 e. The Labute approximate surface area is 167 Å². The Kier molecular flexibility index (Phi) is 5.49. The lowest BCUT2D eigenvalue weighted by Crippen LogP contribution is -2.38. The van der Waals surface area contributed by atoms with Crippen LogP contribution in [-0.4, -0.2) is 32.1 Å². The van der Waals surface area contributed by atoms with E-state index >= 15 is 0 Å².